The molecular formula is C15H25NO4S. The second kappa shape index (κ2) is 8.89. The zero-order valence-corrected chi connectivity index (χ0v) is 13.8. The van der Waals surface area contributed by atoms with Crippen LogP contribution in [-0.4, -0.2) is 40.2 Å². The third kappa shape index (κ3) is 6.82. The summed E-state index contributed by atoms with van der Waals surface area (Å²) in [6.45, 7) is 6.26. The number of hydrogen-bond acceptors (Lipinski definition) is 5. The molecule has 0 amide bonds. The largest absolute Gasteiger partial charge is 0.490 e. The standard InChI is InChI=1S/C15H25NO4S/c1-4-9-16-12-13-7-6-8-14(19-5-2)15(13)20-10-11-21(3,17)18/h6-8,16H,4-5,9-12H2,1-3H3. The van der Waals surface area contributed by atoms with Crippen molar-refractivity contribution < 1.29 is 17.9 Å². The summed E-state index contributed by atoms with van der Waals surface area (Å²) in [6.07, 6.45) is 2.25. The topological polar surface area (TPSA) is 64.6 Å². The van der Waals surface area contributed by atoms with Crippen LogP contribution in [-0.2, 0) is 16.4 Å². The van der Waals surface area contributed by atoms with Crippen LogP contribution in [0.15, 0.2) is 18.2 Å². The molecule has 1 N–H and O–H groups in total. The molecule has 1 aromatic rings. The minimum atomic E-state index is -3.03. The van der Waals surface area contributed by atoms with Crippen molar-refractivity contribution in [1.29, 1.82) is 0 Å². The lowest BCUT2D eigenvalue weighted by molar-refractivity contribution is 0.285. The summed E-state index contributed by atoms with van der Waals surface area (Å²) in [4.78, 5) is 0. The molecule has 0 saturated carbocycles. The van der Waals surface area contributed by atoms with Gasteiger partial charge in [-0.05, 0) is 26.0 Å². The maximum absolute atomic E-state index is 11.2. The van der Waals surface area contributed by atoms with Gasteiger partial charge in [0.05, 0.1) is 12.4 Å². The third-order valence-electron chi connectivity index (χ3n) is 2.80. The van der Waals surface area contributed by atoms with Gasteiger partial charge in [0.15, 0.2) is 21.3 Å². The highest BCUT2D eigenvalue weighted by atomic mass is 32.2. The van der Waals surface area contributed by atoms with Crippen molar-refractivity contribution in [2.75, 3.05) is 31.8 Å². The van der Waals surface area contributed by atoms with Gasteiger partial charge in [0.25, 0.3) is 0 Å². The van der Waals surface area contributed by atoms with E-state index in [1.165, 1.54) is 6.26 Å². The van der Waals surface area contributed by atoms with Gasteiger partial charge in [-0.2, -0.15) is 0 Å². The van der Waals surface area contributed by atoms with Crippen molar-refractivity contribution in [1.82, 2.24) is 5.32 Å². The third-order valence-corrected chi connectivity index (χ3v) is 3.71. The molecule has 0 unspecified atom stereocenters. The smallest absolute Gasteiger partial charge is 0.165 e. The van der Waals surface area contributed by atoms with Gasteiger partial charge in [-0.15, -0.1) is 0 Å². The Morgan fingerprint density at radius 2 is 1.95 bits per heavy atom. The maximum atomic E-state index is 11.2. The van der Waals surface area contributed by atoms with E-state index in [9.17, 15) is 8.42 Å². The average Bonchev–Trinajstić information content (AvgIpc) is 2.40. The maximum Gasteiger partial charge on any atom is 0.165 e. The molecule has 120 valence electrons. The summed E-state index contributed by atoms with van der Waals surface area (Å²) in [6, 6.07) is 5.71. The Hall–Kier alpha value is -1.27. The van der Waals surface area contributed by atoms with Crippen molar-refractivity contribution in [2.45, 2.75) is 26.8 Å². The highest BCUT2D eigenvalue weighted by molar-refractivity contribution is 7.90. The first-order valence-electron chi connectivity index (χ1n) is 7.23. The molecule has 0 atom stereocenters. The van der Waals surface area contributed by atoms with Crippen molar-refractivity contribution in [2.24, 2.45) is 0 Å². The first-order chi connectivity index (χ1) is 9.98. The Balaban J connectivity index is 2.83. The highest BCUT2D eigenvalue weighted by Gasteiger charge is 2.12. The van der Waals surface area contributed by atoms with E-state index in [0.29, 0.717) is 24.7 Å². The van der Waals surface area contributed by atoms with Crippen molar-refractivity contribution in [3.8, 4) is 11.5 Å². The fourth-order valence-corrected chi connectivity index (χ4v) is 2.21. The van der Waals surface area contributed by atoms with E-state index in [-0.39, 0.29) is 12.4 Å². The van der Waals surface area contributed by atoms with Crippen molar-refractivity contribution in [3.05, 3.63) is 23.8 Å². The van der Waals surface area contributed by atoms with E-state index in [4.69, 9.17) is 9.47 Å². The Morgan fingerprint density at radius 1 is 1.19 bits per heavy atom. The first kappa shape index (κ1) is 17.8. The zero-order chi connectivity index (χ0) is 15.7. The molecule has 0 spiro atoms. The fraction of sp³-hybridized carbons (Fsp3) is 0.600. The second-order valence-corrected chi connectivity index (χ2v) is 7.09. The molecule has 6 heteroatoms. The summed E-state index contributed by atoms with van der Waals surface area (Å²) in [7, 11) is -3.03. The first-order valence-corrected chi connectivity index (χ1v) is 9.30. The number of sulfone groups is 1. The molecule has 0 saturated heterocycles. The van der Waals surface area contributed by atoms with Crippen LogP contribution in [0, 0.1) is 0 Å². The number of para-hydroxylation sites is 1. The van der Waals surface area contributed by atoms with E-state index in [1.54, 1.807) is 0 Å². The van der Waals surface area contributed by atoms with Crippen LogP contribution >= 0.6 is 0 Å². The monoisotopic (exact) mass is 315 g/mol. The number of ether oxygens (including phenoxy) is 2. The molecule has 21 heavy (non-hydrogen) atoms. The van der Waals surface area contributed by atoms with E-state index < -0.39 is 9.84 Å². The summed E-state index contributed by atoms with van der Waals surface area (Å²) in [5.41, 5.74) is 0.975. The van der Waals surface area contributed by atoms with Crippen LogP contribution in [0.25, 0.3) is 0 Å². The van der Waals surface area contributed by atoms with Gasteiger partial charge in [-0.3, -0.25) is 0 Å². The molecule has 0 radical (unpaired) electrons. The molecule has 0 aliphatic carbocycles. The van der Waals surface area contributed by atoms with Gasteiger partial charge in [0, 0.05) is 18.4 Å². The van der Waals surface area contributed by atoms with Gasteiger partial charge >= 0.3 is 0 Å². The SMILES string of the molecule is CCCNCc1cccc(OCC)c1OCCS(C)(=O)=O. The Kier molecular flexibility index (Phi) is 7.53. The van der Waals surface area contributed by atoms with Crippen LogP contribution < -0.4 is 14.8 Å². The van der Waals surface area contributed by atoms with Gasteiger partial charge in [0.1, 0.15) is 6.61 Å². The Morgan fingerprint density at radius 3 is 2.57 bits per heavy atom. The van der Waals surface area contributed by atoms with Crippen LogP contribution in [0.3, 0.4) is 0 Å². The average molecular weight is 315 g/mol. The number of hydrogen-bond donors (Lipinski definition) is 1. The lowest BCUT2D eigenvalue weighted by atomic mass is 10.2. The lowest BCUT2D eigenvalue weighted by Crippen LogP contribution is -2.17. The van der Waals surface area contributed by atoms with Crippen LogP contribution in [0.1, 0.15) is 25.8 Å². The summed E-state index contributed by atoms with van der Waals surface area (Å²) >= 11 is 0. The minimum Gasteiger partial charge on any atom is -0.490 e. The quantitative estimate of drug-likeness (QED) is 0.669. The molecule has 0 aliphatic heterocycles. The molecule has 1 aromatic carbocycles. The van der Waals surface area contributed by atoms with E-state index >= 15 is 0 Å². The number of rotatable bonds is 10. The normalized spacial score (nSPS) is 11.4. The predicted molar refractivity (Wildman–Crippen MR) is 84.8 cm³/mol. The molecule has 0 heterocycles. The molecule has 0 fully saturated rings. The number of benzene rings is 1. The number of nitrogens with one attached hydrogen (secondary N) is 1. The molecule has 0 aromatic heterocycles. The molecule has 0 bridgehead atoms. The molecular weight excluding hydrogens is 290 g/mol. The van der Waals surface area contributed by atoms with Gasteiger partial charge in [-0.25, -0.2) is 8.42 Å². The molecule has 1 rings (SSSR count). The van der Waals surface area contributed by atoms with E-state index in [1.807, 2.05) is 25.1 Å². The predicted octanol–water partition coefficient (Wildman–Crippen LogP) is 2.01. The lowest BCUT2D eigenvalue weighted by Gasteiger charge is -2.16. The Bertz CT molecular complexity index is 528. The fourth-order valence-electron chi connectivity index (χ4n) is 1.83. The van der Waals surface area contributed by atoms with Gasteiger partial charge in [0.2, 0.25) is 0 Å². The van der Waals surface area contributed by atoms with Gasteiger partial charge < -0.3 is 14.8 Å². The second-order valence-electron chi connectivity index (χ2n) is 4.83. The van der Waals surface area contributed by atoms with Crippen molar-refractivity contribution in [3.63, 3.8) is 0 Å². The minimum absolute atomic E-state index is 0.00467. The van der Waals surface area contributed by atoms with Crippen LogP contribution in [0.5, 0.6) is 11.5 Å². The van der Waals surface area contributed by atoms with Crippen LogP contribution in [0.2, 0.25) is 0 Å². The van der Waals surface area contributed by atoms with E-state index in [2.05, 4.69) is 12.2 Å². The van der Waals surface area contributed by atoms with Crippen molar-refractivity contribution >= 4 is 9.84 Å². The molecule has 5 nitrogen and oxygen atoms in total. The highest BCUT2D eigenvalue weighted by Crippen LogP contribution is 2.31. The summed E-state index contributed by atoms with van der Waals surface area (Å²) < 4.78 is 33.7. The van der Waals surface area contributed by atoms with Gasteiger partial charge in [-0.1, -0.05) is 19.1 Å². The summed E-state index contributed by atoms with van der Waals surface area (Å²) in [5, 5.41) is 3.31. The Labute approximate surface area is 127 Å². The summed E-state index contributed by atoms with van der Waals surface area (Å²) in [5.74, 6) is 1.28. The van der Waals surface area contributed by atoms with E-state index in [0.717, 1.165) is 18.5 Å². The zero-order valence-electron chi connectivity index (χ0n) is 13.0. The molecule has 0 aliphatic rings. The van der Waals surface area contributed by atoms with Crippen LogP contribution in [0.4, 0.5) is 0 Å².